The van der Waals surface area contributed by atoms with Gasteiger partial charge in [-0.15, -0.1) is 0 Å². The summed E-state index contributed by atoms with van der Waals surface area (Å²) in [5, 5.41) is 2.94. The Bertz CT molecular complexity index is 424. The molecule has 0 aromatic rings. The van der Waals surface area contributed by atoms with Crippen LogP contribution in [-0.2, 0) is 14.3 Å². The predicted molar refractivity (Wildman–Crippen MR) is 74.0 cm³/mol. The first-order valence-electron chi connectivity index (χ1n) is 7.07. The molecule has 5 heteroatoms. The van der Waals surface area contributed by atoms with Gasteiger partial charge in [0.25, 0.3) is 0 Å². The van der Waals surface area contributed by atoms with Crippen molar-refractivity contribution in [3.8, 4) is 0 Å². The zero-order valence-electron chi connectivity index (χ0n) is 12.5. The molecule has 112 valence electrons. The Morgan fingerprint density at radius 2 is 1.90 bits per heavy atom. The second-order valence-electron chi connectivity index (χ2n) is 6.59. The first kappa shape index (κ1) is 14.9. The third-order valence-corrected chi connectivity index (χ3v) is 3.78. The lowest BCUT2D eigenvalue weighted by atomic mass is 9.89. The van der Waals surface area contributed by atoms with Crippen LogP contribution < -0.4 is 5.32 Å². The van der Waals surface area contributed by atoms with Gasteiger partial charge in [0.1, 0.15) is 5.60 Å². The molecule has 0 spiro atoms. The van der Waals surface area contributed by atoms with Crippen molar-refractivity contribution in [2.45, 2.75) is 45.8 Å². The average Bonchev–Trinajstić information content (AvgIpc) is 2.84. The van der Waals surface area contributed by atoms with E-state index in [0.29, 0.717) is 18.4 Å². The molecule has 0 unspecified atom stereocenters. The fraction of sp³-hybridized carbons (Fsp3) is 0.733. The Kier molecular flexibility index (Phi) is 4.06. The molecule has 0 radical (unpaired) electrons. The zero-order valence-corrected chi connectivity index (χ0v) is 12.5. The van der Waals surface area contributed by atoms with E-state index in [2.05, 4.69) is 17.5 Å². The third-order valence-electron chi connectivity index (χ3n) is 3.78. The van der Waals surface area contributed by atoms with Crippen LogP contribution in [0.5, 0.6) is 0 Å². The number of ether oxygens (including phenoxy) is 2. The smallest absolute Gasteiger partial charge is 0.407 e. The fourth-order valence-corrected chi connectivity index (χ4v) is 3.02. The van der Waals surface area contributed by atoms with Crippen LogP contribution in [-0.4, -0.2) is 30.3 Å². The van der Waals surface area contributed by atoms with E-state index < -0.39 is 11.7 Å². The van der Waals surface area contributed by atoms with Gasteiger partial charge in [-0.3, -0.25) is 4.79 Å². The van der Waals surface area contributed by atoms with Crippen LogP contribution in [0.15, 0.2) is 12.2 Å². The summed E-state index contributed by atoms with van der Waals surface area (Å²) in [5.41, 5.74) is -0.511. The van der Waals surface area contributed by atoms with Gasteiger partial charge in [0.2, 0.25) is 0 Å². The van der Waals surface area contributed by atoms with Gasteiger partial charge in [0.15, 0.2) is 0 Å². The van der Waals surface area contributed by atoms with Crippen molar-refractivity contribution in [1.82, 2.24) is 5.32 Å². The van der Waals surface area contributed by atoms with Gasteiger partial charge in [0, 0.05) is 18.9 Å². The lowest BCUT2D eigenvalue weighted by Crippen LogP contribution is -2.46. The molecule has 0 heterocycles. The van der Waals surface area contributed by atoms with Crippen LogP contribution >= 0.6 is 0 Å². The average molecular weight is 281 g/mol. The number of hydrogen-bond acceptors (Lipinski definition) is 4. The SMILES string of the molecule is CC(=O)OC[C@@H]1[C@H](NC(=O)OC(C)(C)C)[C@H]2C=C[C@@H]1C2. The van der Waals surface area contributed by atoms with Crippen molar-refractivity contribution >= 4 is 12.1 Å². The number of carbonyl (C=O) groups excluding carboxylic acids is 2. The highest BCUT2D eigenvalue weighted by Crippen LogP contribution is 2.43. The highest BCUT2D eigenvalue weighted by atomic mass is 16.6. The molecule has 0 aromatic heterocycles. The van der Waals surface area contributed by atoms with E-state index in [0.717, 1.165) is 6.42 Å². The van der Waals surface area contributed by atoms with Crippen molar-refractivity contribution in [3.63, 3.8) is 0 Å². The van der Waals surface area contributed by atoms with Crippen molar-refractivity contribution in [2.75, 3.05) is 6.61 Å². The normalized spacial score (nSPS) is 31.2. The monoisotopic (exact) mass is 281 g/mol. The van der Waals surface area contributed by atoms with Crippen molar-refractivity contribution < 1.29 is 19.1 Å². The van der Waals surface area contributed by atoms with E-state index in [1.54, 1.807) is 0 Å². The largest absolute Gasteiger partial charge is 0.465 e. The van der Waals surface area contributed by atoms with Gasteiger partial charge < -0.3 is 14.8 Å². The van der Waals surface area contributed by atoms with Crippen LogP contribution in [0.25, 0.3) is 0 Å². The first-order chi connectivity index (χ1) is 9.26. The van der Waals surface area contributed by atoms with Gasteiger partial charge in [-0.25, -0.2) is 4.79 Å². The van der Waals surface area contributed by atoms with Gasteiger partial charge in [-0.2, -0.15) is 0 Å². The minimum atomic E-state index is -0.511. The summed E-state index contributed by atoms with van der Waals surface area (Å²) >= 11 is 0. The Morgan fingerprint density at radius 3 is 2.50 bits per heavy atom. The highest BCUT2D eigenvalue weighted by molar-refractivity contribution is 5.68. The zero-order chi connectivity index (χ0) is 14.9. The molecule has 2 bridgehead atoms. The molecule has 20 heavy (non-hydrogen) atoms. The summed E-state index contributed by atoms with van der Waals surface area (Å²) in [6.07, 6.45) is 4.89. The van der Waals surface area contributed by atoms with E-state index in [9.17, 15) is 9.59 Å². The summed E-state index contributed by atoms with van der Waals surface area (Å²) in [6, 6.07) is -0.0146. The number of carbonyl (C=O) groups is 2. The molecule has 1 amide bonds. The van der Waals surface area contributed by atoms with Crippen LogP contribution in [0.3, 0.4) is 0 Å². The van der Waals surface area contributed by atoms with E-state index in [4.69, 9.17) is 9.47 Å². The van der Waals surface area contributed by atoms with Crippen molar-refractivity contribution in [3.05, 3.63) is 12.2 Å². The minimum Gasteiger partial charge on any atom is -0.465 e. The first-order valence-corrected chi connectivity index (χ1v) is 7.07. The number of esters is 1. The number of rotatable bonds is 3. The van der Waals surface area contributed by atoms with E-state index in [1.807, 2.05) is 20.8 Å². The molecular formula is C15H23NO4. The fourth-order valence-electron chi connectivity index (χ4n) is 3.02. The number of hydrogen-bond donors (Lipinski definition) is 1. The lowest BCUT2D eigenvalue weighted by molar-refractivity contribution is -0.142. The van der Waals surface area contributed by atoms with Gasteiger partial charge >= 0.3 is 12.1 Å². The molecule has 2 rings (SSSR count). The molecule has 5 nitrogen and oxygen atoms in total. The molecule has 1 saturated carbocycles. The maximum absolute atomic E-state index is 11.9. The number of fused-ring (bicyclic) bond motifs is 2. The highest BCUT2D eigenvalue weighted by Gasteiger charge is 2.46. The molecule has 2 aliphatic rings. The minimum absolute atomic E-state index is 0.0146. The van der Waals surface area contributed by atoms with Crippen molar-refractivity contribution in [1.29, 1.82) is 0 Å². The van der Waals surface area contributed by atoms with Crippen LogP contribution in [0.4, 0.5) is 4.79 Å². The number of allylic oxidation sites excluding steroid dienone is 1. The topological polar surface area (TPSA) is 64.6 Å². The summed E-state index contributed by atoms with van der Waals surface area (Å²) in [6.45, 7) is 7.26. The molecule has 2 aliphatic carbocycles. The predicted octanol–water partition coefficient (Wildman–Crippen LogP) is 2.26. The molecule has 1 fully saturated rings. The Balaban J connectivity index is 1.96. The number of alkyl carbamates (subject to hydrolysis) is 1. The quantitative estimate of drug-likeness (QED) is 0.636. The Labute approximate surface area is 119 Å². The summed E-state index contributed by atoms with van der Waals surface area (Å²) < 4.78 is 10.4. The van der Waals surface area contributed by atoms with Gasteiger partial charge in [-0.1, -0.05) is 12.2 Å². The van der Waals surface area contributed by atoms with E-state index in [1.165, 1.54) is 6.92 Å². The molecule has 4 atom stereocenters. The summed E-state index contributed by atoms with van der Waals surface area (Å²) in [7, 11) is 0. The summed E-state index contributed by atoms with van der Waals surface area (Å²) in [5.74, 6) is 0.543. The lowest BCUT2D eigenvalue weighted by Gasteiger charge is -2.29. The molecule has 1 N–H and O–H groups in total. The maximum atomic E-state index is 11.9. The molecule has 0 saturated heterocycles. The maximum Gasteiger partial charge on any atom is 0.407 e. The van der Waals surface area contributed by atoms with Crippen LogP contribution in [0.1, 0.15) is 34.1 Å². The third kappa shape index (κ3) is 3.52. The van der Waals surface area contributed by atoms with E-state index in [-0.39, 0.29) is 17.9 Å². The van der Waals surface area contributed by atoms with Gasteiger partial charge in [0.05, 0.1) is 6.61 Å². The molecular weight excluding hydrogens is 258 g/mol. The Hall–Kier alpha value is -1.52. The van der Waals surface area contributed by atoms with Crippen molar-refractivity contribution in [2.24, 2.45) is 17.8 Å². The Morgan fingerprint density at radius 1 is 1.25 bits per heavy atom. The number of amides is 1. The van der Waals surface area contributed by atoms with E-state index >= 15 is 0 Å². The standard InChI is InChI=1S/C15H23NO4/c1-9(17)19-8-12-10-5-6-11(7-10)13(12)16-14(18)20-15(2,3)4/h5-6,10-13H,7-8H2,1-4H3,(H,16,18)/t10-,11+,12+,13-/m1/s1. The van der Waals surface area contributed by atoms with Crippen LogP contribution in [0.2, 0.25) is 0 Å². The summed E-state index contributed by atoms with van der Waals surface area (Å²) in [4.78, 5) is 22.9. The van der Waals surface area contributed by atoms with Gasteiger partial charge in [-0.05, 0) is 39.0 Å². The number of nitrogens with one attached hydrogen (secondary N) is 1. The second-order valence-corrected chi connectivity index (χ2v) is 6.59. The van der Waals surface area contributed by atoms with Crippen LogP contribution in [0, 0.1) is 17.8 Å². The second kappa shape index (κ2) is 5.46. The molecule has 0 aliphatic heterocycles. The molecule has 0 aromatic carbocycles.